The van der Waals surface area contributed by atoms with Crippen LogP contribution < -0.4 is 5.56 Å². The van der Waals surface area contributed by atoms with E-state index in [0.717, 1.165) is 39.5 Å². The van der Waals surface area contributed by atoms with Gasteiger partial charge in [0.1, 0.15) is 12.1 Å². The molecular weight excluding hydrogens is 391 g/mol. The van der Waals surface area contributed by atoms with E-state index in [0.29, 0.717) is 5.39 Å². The second-order valence-corrected chi connectivity index (χ2v) is 7.91. The van der Waals surface area contributed by atoms with Gasteiger partial charge < -0.3 is 4.57 Å². The van der Waals surface area contributed by atoms with Crippen molar-refractivity contribution in [3.05, 3.63) is 101 Å². The molecule has 0 N–H and O–H groups in total. The second-order valence-electron chi connectivity index (χ2n) is 7.91. The fourth-order valence-corrected chi connectivity index (χ4v) is 4.37. The molecule has 5 aromatic rings. The van der Waals surface area contributed by atoms with E-state index in [1.165, 1.54) is 18.5 Å². The van der Waals surface area contributed by atoms with Crippen LogP contribution in [0.15, 0.2) is 84.3 Å². The number of hydrogen-bond acceptors (Lipinski definition) is 4. The lowest BCUT2D eigenvalue weighted by atomic mass is 10.0. The van der Waals surface area contributed by atoms with E-state index in [1.807, 2.05) is 47.2 Å². The summed E-state index contributed by atoms with van der Waals surface area (Å²) < 4.78 is 15.3. The lowest BCUT2D eigenvalue weighted by Gasteiger charge is -2.10. The summed E-state index contributed by atoms with van der Waals surface area (Å²) in [4.78, 5) is 26.4. The minimum absolute atomic E-state index is 0.0210. The Bertz CT molecular complexity index is 1510. The van der Waals surface area contributed by atoms with Gasteiger partial charge in [-0.25, -0.2) is 14.4 Å². The van der Waals surface area contributed by atoms with Crippen molar-refractivity contribution in [3.8, 4) is 11.1 Å². The summed E-state index contributed by atoms with van der Waals surface area (Å²) in [6, 6.07) is 16.3. The molecule has 1 fully saturated rings. The number of halogens is 1. The minimum atomic E-state index is -0.270. The number of aromatic nitrogens is 4. The van der Waals surface area contributed by atoms with Crippen molar-refractivity contribution in [2.45, 2.75) is 18.4 Å². The van der Waals surface area contributed by atoms with Gasteiger partial charge in [-0.15, -0.1) is 0 Å². The number of nitrogens with zero attached hydrogens (tertiary/aromatic N) is 4. The SMILES string of the molecule is O=c1c2c(-c3cncnc3)cccc2ccn1[C@@H]1C[C@H]1c1ccc2cc(F)ccc2n1. The molecule has 0 radical (unpaired) electrons. The molecule has 6 heteroatoms. The molecule has 2 atom stereocenters. The summed E-state index contributed by atoms with van der Waals surface area (Å²) in [5.41, 5.74) is 3.33. The van der Waals surface area contributed by atoms with Gasteiger partial charge in [-0.1, -0.05) is 24.3 Å². The molecule has 31 heavy (non-hydrogen) atoms. The number of hydrogen-bond donors (Lipinski definition) is 0. The van der Waals surface area contributed by atoms with Gasteiger partial charge in [0.05, 0.1) is 10.9 Å². The van der Waals surface area contributed by atoms with Crippen molar-refractivity contribution in [1.29, 1.82) is 0 Å². The van der Waals surface area contributed by atoms with E-state index >= 15 is 0 Å². The summed E-state index contributed by atoms with van der Waals surface area (Å²) >= 11 is 0. The zero-order valence-electron chi connectivity index (χ0n) is 16.4. The Morgan fingerprint density at radius 1 is 0.968 bits per heavy atom. The third-order valence-electron chi connectivity index (χ3n) is 6.00. The first-order valence-corrected chi connectivity index (χ1v) is 10.1. The van der Waals surface area contributed by atoms with Gasteiger partial charge >= 0.3 is 0 Å². The average molecular weight is 408 g/mol. The molecule has 150 valence electrons. The predicted molar refractivity (Wildman–Crippen MR) is 117 cm³/mol. The molecule has 1 aliphatic rings. The van der Waals surface area contributed by atoms with Crippen LogP contribution in [0.1, 0.15) is 24.1 Å². The minimum Gasteiger partial charge on any atom is -0.311 e. The Labute approximate surface area is 176 Å². The monoisotopic (exact) mass is 408 g/mol. The highest BCUT2D eigenvalue weighted by Crippen LogP contribution is 2.50. The van der Waals surface area contributed by atoms with Crippen LogP contribution in [0.5, 0.6) is 0 Å². The summed E-state index contributed by atoms with van der Waals surface area (Å²) in [7, 11) is 0. The lowest BCUT2D eigenvalue weighted by Crippen LogP contribution is -2.19. The Hall–Kier alpha value is -3.93. The van der Waals surface area contributed by atoms with Gasteiger partial charge in [0.2, 0.25) is 0 Å². The molecule has 1 saturated carbocycles. The molecule has 0 bridgehead atoms. The summed E-state index contributed by atoms with van der Waals surface area (Å²) in [5, 5.41) is 2.34. The van der Waals surface area contributed by atoms with Crippen LogP contribution >= 0.6 is 0 Å². The molecule has 2 aromatic carbocycles. The van der Waals surface area contributed by atoms with Crippen molar-refractivity contribution in [1.82, 2.24) is 19.5 Å². The average Bonchev–Trinajstić information content (AvgIpc) is 3.60. The maximum absolute atomic E-state index is 13.5. The Kier molecular flexibility index (Phi) is 3.93. The van der Waals surface area contributed by atoms with Crippen molar-refractivity contribution >= 4 is 21.7 Å². The van der Waals surface area contributed by atoms with Crippen LogP contribution in [0.25, 0.3) is 32.8 Å². The highest BCUT2D eigenvalue weighted by Gasteiger charge is 2.41. The molecule has 3 aromatic heterocycles. The highest BCUT2D eigenvalue weighted by molar-refractivity contribution is 5.95. The highest BCUT2D eigenvalue weighted by atomic mass is 19.1. The first kappa shape index (κ1) is 17.9. The molecule has 0 amide bonds. The third kappa shape index (κ3) is 2.99. The Morgan fingerprint density at radius 3 is 2.71 bits per heavy atom. The molecule has 0 saturated heterocycles. The summed E-state index contributed by atoms with van der Waals surface area (Å²) in [6.07, 6.45) is 7.64. The van der Waals surface area contributed by atoms with Gasteiger partial charge in [-0.3, -0.25) is 9.78 Å². The van der Waals surface area contributed by atoms with Crippen molar-refractivity contribution in [2.75, 3.05) is 0 Å². The van der Waals surface area contributed by atoms with Gasteiger partial charge in [-0.05, 0) is 47.7 Å². The van der Waals surface area contributed by atoms with Crippen LogP contribution in [-0.4, -0.2) is 19.5 Å². The van der Waals surface area contributed by atoms with E-state index < -0.39 is 0 Å². The van der Waals surface area contributed by atoms with E-state index in [-0.39, 0.29) is 23.3 Å². The van der Waals surface area contributed by atoms with Crippen LogP contribution in [0.4, 0.5) is 4.39 Å². The number of fused-ring (bicyclic) bond motifs is 2. The van der Waals surface area contributed by atoms with Gasteiger partial charge in [-0.2, -0.15) is 0 Å². The van der Waals surface area contributed by atoms with Gasteiger partial charge in [0, 0.05) is 47.2 Å². The largest absolute Gasteiger partial charge is 0.311 e. The fraction of sp³-hybridized carbons (Fsp3) is 0.120. The van der Waals surface area contributed by atoms with E-state index in [2.05, 4.69) is 9.97 Å². The Balaban J connectivity index is 1.41. The molecule has 6 rings (SSSR count). The fourth-order valence-electron chi connectivity index (χ4n) is 4.37. The van der Waals surface area contributed by atoms with E-state index in [4.69, 9.17) is 4.98 Å². The van der Waals surface area contributed by atoms with Crippen molar-refractivity contribution < 1.29 is 4.39 Å². The zero-order valence-corrected chi connectivity index (χ0v) is 16.4. The van der Waals surface area contributed by atoms with Crippen molar-refractivity contribution in [3.63, 3.8) is 0 Å². The number of benzene rings is 2. The van der Waals surface area contributed by atoms with Crippen LogP contribution in [0.3, 0.4) is 0 Å². The predicted octanol–water partition coefficient (Wildman–Crippen LogP) is 4.87. The molecule has 0 spiro atoms. The van der Waals surface area contributed by atoms with Crippen LogP contribution in [0.2, 0.25) is 0 Å². The lowest BCUT2D eigenvalue weighted by molar-refractivity contribution is 0.629. The first-order valence-electron chi connectivity index (χ1n) is 10.1. The Morgan fingerprint density at radius 2 is 1.84 bits per heavy atom. The maximum atomic E-state index is 13.5. The van der Waals surface area contributed by atoms with Crippen molar-refractivity contribution in [2.24, 2.45) is 0 Å². The molecule has 0 aliphatic heterocycles. The van der Waals surface area contributed by atoms with Crippen LogP contribution in [-0.2, 0) is 0 Å². The summed E-state index contributed by atoms with van der Waals surface area (Å²) in [5.74, 6) is -0.106. The summed E-state index contributed by atoms with van der Waals surface area (Å²) in [6.45, 7) is 0. The second kappa shape index (κ2) is 6.80. The third-order valence-corrected chi connectivity index (χ3v) is 6.00. The number of pyridine rings is 2. The zero-order chi connectivity index (χ0) is 20.9. The molecule has 1 aliphatic carbocycles. The first-order chi connectivity index (χ1) is 15.2. The standard InChI is InChI=1S/C25H17FN4O/c26-18-5-7-21-16(10-18)4-6-22(29-21)20-11-23(20)30-9-8-15-2-1-3-19(24(15)25(30)31)17-12-27-14-28-13-17/h1-10,12-14,20,23H,11H2/t20-,23+/m0/s1. The molecule has 3 heterocycles. The smallest absolute Gasteiger partial charge is 0.259 e. The molecule has 5 nitrogen and oxygen atoms in total. The van der Waals surface area contributed by atoms with Gasteiger partial charge in [0.25, 0.3) is 5.56 Å². The van der Waals surface area contributed by atoms with Crippen LogP contribution in [0, 0.1) is 5.82 Å². The number of rotatable bonds is 3. The van der Waals surface area contributed by atoms with E-state index in [1.54, 1.807) is 18.5 Å². The van der Waals surface area contributed by atoms with Gasteiger partial charge in [0.15, 0.2) is 0 Å². The topological polar surface area (TPSA) is 60.7 Å². The quantitative estimate of drug-likeness (QED) is 0.427. The normalized spacial score (nSPS) is 17.8. The molecule has 0 unspecified atom stereocenters. The van der Waals surface area contributed by atoms with E-state index in [9.17, 15) is 9.18 Å². The molecular formula is C25H17FN4O. The maximum Gasteiger partial charge on any atom is 0.259 e.